The van der Waals surface area contributed by atoms with Gasteiger partial charge in [-0.05, 0) is 37.1 Å². The summed E-state index contributed by atoms with van der Waals surface area (Å²) < 4.78 is 5.10. The van der Waals surface area contributed by atoms with Crippen LogP contribution in [0.25, 0.3) is 0 Å². The second-order valence-electron chi connectivity index (χ2n) is 4.21. The third-order valence-corrected chi connectivity index (χ3v) is 4.53. The highest BCUT2D eigenvalue weighted by Gasteiger charge is 2.33. The molecule has 0 aromatic heterocycles. The van der Waals surface area contributed by atoms with Gasteiger partial charge in [0, 0.05) is 10.1 Å². The number of aliphatic carboxylic acids is 1. The third-order valence-electron chi connectivity index (χ3n) is 3.12. The average Bonchev–Trinajstić information content (AvgIpc) is 2.78. The molecule has 0 saturated heterocycles. The average molecular weight is 252 g/mol. The Hall–Kier alpha value is -1.16. The first-order valence-electron chi connectivity index (χ1n) is 5.74. The first-order valence-corrected chi connectivity index (χ1v) is 6.62. The van der Waals surface area contributed by atoms with Crippen molar-refractivity contribution in [2.24, 2.45) is 5.92 Å². The Labute approximate surface area is 105 Å². The molecule has 0 bridgehead atoms. The quantitative estimate of drug-likeness (QED) is 0.894. The molecule has 2 unspecified atom stereocenters. The molecule has 1 aromatic rings. The van der Waals surface area contributed by atoms with Gasteiger partial charge in [0.2, 0.25) is 0 Å². The van der Waals surface area contributed by atoms with Crippen LogP contribution in [0, 0.1) is 5.92 Å². The molecule has 0 aliphatic heterocycles. The summed E-state index contributed by atoms with van der Waals surface area (Å²) in [6, 6.07) is 7.79. The highest BCUT2D eigenvalue weighted by atomic mass is 32.2. The van der Waals surface area contributed by atoms with Crippen molar-refractivity contribution >= 4 is 17.7 Å². The molecule has 0 spiro atoms. The normalized spacial score (nSPS) is 23.6. The second kappa shape index (κ2) is 5.45. The molecule has 0 amide bonds. The van der Waals surface area contributed by atoms with Crippen LogP contribution in [0.3, 0.4) is 0 Å². The van der Waals surface area contributed by atoms with Crippen LogP contribution in [0.1, 0.15) is 19.3 Å². The van der Waals surface area contributed by atoms with Crippen LogP contribution in [0.2, 0.25) is 0 Å². The maximum atomic E-state index is 11.1. The predicted octanol–water partition coefficient (Wildman–Crippen LogP) is 3.04. The van der Waals surface area contributed by atoms with E-state index >= 15 is 0 Å². The highest BCUT2D eigenvalue weighted by molar-refractivity contribution is 8.00. The fraction of sp³-hybridized carbons (Fsp3) is 0.462. The van der Waals surface area contributed by atoms with Gasteiger partial charge < -0.3 is 9.84 Å². The number of hydrogen-bond donors (Lipinski definition) is 1. The van der Waals surface area contributed by atoms with Crippen LogP contribution in [0.4, 0.5) is 0 Å². The fourth-order valence-corrected chi connectivity index (χ4v) is 3.52. The standard InChI is InChI=1S/C13H16O3S/c1-16-9-5-7-10(8-6-9)17-12-4-2-3-11(12)13(14)15/h5-8,11-12H,2-4H2,1H3,(H,14,15). The summed E-state index contributed by atoms with van der Waals surface area (Å²) in [5, 5.41) is 9.32. The van der Waals surface area contributed by atoms with Gasteiger partial charge in [-0.3, -0.25) is 4.79 Å². The number of thioether (sulfide) groups is 1. The van der Waals surface area contributed by atoms with Gasteiger partial charge in [-0.1, -0.05) is 6.42 Å². The van der Waals surface area contributed by atoms with E-state index in [1.54, 1.807) is 18.9 Å². The summed E-state index contributed by atoms with van der Waals surface area (Å²) in [7, 11) is 1.64. The van der Waals surface area contributed by atoms with Crippen LogP contribution in [0.5, 0.6) is 5.75 Å². The summed E-state index contributed by atoms with van der Waals surface area (Å²) in [5.41, 5.74) is 0. The Morgan fingerprint density at radius 1 is 1.35 bits per heavy atom. The molecule has 1 aromatic carbocycles. The molecular formula is C13H16O3S. The number of ether oxygens (including phenoxy) is 1. The van der Waals surface area contributed by atoms with E-state index in [0.29, 0.717) is 0 Å². The monoisotopic (exact) mass is 252 g/mol. The zero-order chi connectivity index (χ0) is 12.3. The second-order valence-corrected chi connectivity index (χ2v) is 5.52. The van der Waals surface area contributed by atoms with Crippen LogP contribution in [-0.4, -0.2) is 23.4 Å². The summed E-state index contributed by atoms with van der Waals surface area (Å²) in [6.07, 6.45) is 2.82. The van der Waals surface area contributed by atoms with Crippen LogP contribution in [0.15, 0.2) is 29.2 Å². The van der Waals surface area contributed by atoms with Crippen molar-refractivity contribution in [1.82, 2.24) is 0 Å². The zero-order valence-corrected chi connectivity index (χ0v) is 10.6. The van der Waals surface area contributed by atoms with Crippen molar-refractivity contribution in [3.8, 4) is 5.75 Å². The van der Waals surface area contributed by atoms with Crippen molar-refractivity contribution in [3.05, 3.63) is 24.3 Å². The van der Waals surface area contributed by atoms with E-state index in [-0.39, 0.29) is 11.2 Å². The predicted molar refractivity (Wildman–Crippen MR) is 67.6 cm³/mol. The molecular weight excluding hydrogens is 236 g/mol. The Balaban J connectivity index is 2.02. The maximum Gasteiger partial charge on any atom is 0.307 e. The minimum absolute atomic E-state index is 0.192. The van der Waals surface area contributed by atoms with Crippen LogP contribution >= 0.6 is 11.8 Å². The number of rotatable bonds is 4. The first-order chi connectivity index (χ1) is 8.20. The van der Waals surface area contributed by atoms with Gasteiger partial charge in [-0.15, -0.1) is 11.8 Å². The molecule has 17 heavy (non-hydrogen) atoms. The van der Waals surface area contributed by atoms with Crippen molar-refractivity contribution in [2.75, 3.05) is 7.11 Å². The zero-order valence-electron chi connectivity index (χ0n) is 9.76. The minimum atomic E-state index is -0.659. The number of hydrogen-bond acceptors (Lipinski definition) is 3. The smallest absolute Gasteiger partial charge is 0.307 e. The fourth-order valence-electron chi connectivity index (χ4n) is 2.18. The number of methoxy groups -OCH3 is 1. The summed E-state index contributed by atoms with van der Waals surface area (Å²) in [5.74, 6) is -0.0221. The van der Waals surface area contributed by atoms with E-state index in [1.807, 2.05) is 24.3 Å². The number of carbonyl (C=O) groups is 1. The Morgan fingerprint density at radius 2 is 2.06 bits per heavy atom. The molecule has 92 valence electrons. The van der Waals surface area contributed by atoms with Gasteiger partial charge in [-0.25, -0.2) is 0 Å². The van der Waals surface area contributed by atoms with Crippen molar-refractivity contribution in [1.29, 1.82) is 0 Å². The lowest BCUT2D eigenvalue weighted by Crippen LogP contribution is -2.19. The molecule has 1 saturated carbocycles. The van der Waals surface area contributed by atoms with E-state index in [9.17, 15) is 4.79 Å². The lowest BCUT2D eigenvalue weighted by atomic mass is 10.1. The molecule has 1 aliphatic carbocycles. The maximum absolute atomic E-state index is 11.1. The van der Waals surface area contributed by atoms with Gasteiger partial charge in [-0.2, -0.15) is 0 Å². The molecule has 0 radical (unpaired) electrons. The lowest BCUT2D eigenvalue weighted by molar-refractivity contribution is -0.141. The largest absolute Gasteiger partial charge is 0.497 e. The van der Waals surface area contributed by atoms with Gasteiger partial charge in [0.25, 0.3) is 0 Å². The van der Waals surface area contributed by atoms with E-state index in [0.717, 1.165) is 29.9 Å². The van der Waals surface area contributed by atoms with E-state index in [1.165, 1.54) is 0 Å². The van der Waals surface area contributed by atoms with Gasteiger partial charge in [0.1, 0.15) is 5.75 Å². The molecule has 4 heteroatoms. The lowest BCUT2D eigenvalue weighted by Gasteiger charge is -2.15. The molecule has 1 N–H and O–H groups in total. The Kier molecular flexibility index (Phi) is 3.94. The molecule has 1 aliphatic rings. The molecule has 2 rings (SSSR count). The number of benzene rings is 1. The van der Waals surface area contributed by atoms with Crippen molar-refractivity contribution in [3.63, 3.8) is 0 Å². The Morgan fingerprint density at radius 3 is 2.65 bits per heavy atom. The van der Waals surface area contributed by atoms with E-state index in [2.05, 4.69) is 0 Å². The summed E-state index contributed by atoms with van der Waals surface area (Å²) in [6.45, 7) is 0. The highest BCUT2D eigenvalue weighted by Crippen LogP contribution is 2.39. The van der Waals surface area contributed by atoms with E-state index in [4.69, 9.17) is 9.84 Å². The summed E-state index contributed by atoms with van der Waals surface area (Å²) in [4.78, 5) is 12.2. The van der Waals surface area contributed by atoms with Crippen molar-refractivity contribution in [2.45, 2.75) is 29.4 Å². The minimum Gasteiger partial charge on any atom is -0.497 e. The van der Waals surface area contributed by atoms with Gasteiger partial charge in [0.15, 0.2) is 0 Å². The van der Waals surface area contributed by atoms with E-state index < -0.39 is 5.97 Å². The number of carboxylic acid groups (broad SMARTS) is 1. The molecule has 1 fully saturated rings. The molecule has 3 nitrogen and oxygen atoms in total. The molecule has 0 heterocycles. The summed E-state index contributed by atoms with van der Waals surface area (Å²) >= 11 is 1.67. The topological polar surface area (TPSA) is 46.5 Å². The van der Waals surface area contributed by atoms with Crippen LogP contribution < -0.4 is 4.74 Å². The Bertz CT molecular complexity index is 388. The first kappa shape index (κ1) is 12.3. The number of carboxylic acids is 1. The van der Waals surface area contributed by atoms with Gasteiger partial charge in [0.05, 0.1) is 13.0 Å². The van der Waals surface area contributed by atoms with Crippen molar-refractivity contribution < 1.29 is 14.6 Å². The molecule has 2 atom stereocenters. The SMILES string of the molecule is COc1ccc(SC2CCCC2C(=O)O)cc1. The third kappa shape index (κ3) is 2.94. The van der Waals surface area contributed by atoms with Gasteiger partial charge >= 0.3 is 5.97 Å². The van der Waals surface area contributed by atoms with Crippen LogP contribution in [-0.2, 0) is 4.79 Å².